The molecule has 1 aromatic heterocycles. The summed E-state index contributed by atoms with van der Waals surface area (Å²) in [6, 6.07) is 18.9. The Bertz CT molecular complexity index is 767. The van der Waals surface area contributed by atoms with Crippen molar-refractivity contribution in [2.75, 3.05) is 5.43 Å². The first-order valence-electron chi connectivity index (χ1n) is 6.89. The van der Waals surface area contributed by atoms with Crippen molar-refractivity contribution in [3.8, 4) is 11.3 Å². The normalized spacial score (nSPS) is 10.2. The number of hydrazine groups is 1. The maximum absolute atomic E-state index is 12.4. The molecule has 0 aliphatic heterocycles. The lowest BCUT2D eigenvalue weighted by atomic mass is 10.1. The number of carbonyl (C=O) groups is 1. The second-order valence-electron chi connectivity index (χ2n) is 4.77. The maximum Gasteiger partial charge on any atom is 0.275 e. The Balaban J connectivity index is 1.82. The predicted molar refractivity (Wildman–Crippen MR) is 84.2 cm³/mol. The second kappa shape index (κ2) is 6.13. The van der Waals surface area contributed by atoms with Gasteiger partial charge >= 0.3 is 0 Å². The summed E-state index contributed by atoms with van der Waals surface area (Å²) >= 11 is 0. The van der Waals surface area contributed by atoms with Gasteiger partial charge in [0.05, 0.1) is 5.69 Å². The molecule has 0 atom stereocenters. The van der Waals surface area contributed by atoms with Crippen molar-refractivity contribution in [3.63, 3.8) is 0 Å². The van der Waals surface area contributed by atoms with E-state index in [2.05, 4.69) is 16.0 Å². The number of anilines is 1. The zero-order valence-corrected chi connectivity index (χ0v) is 12.0. The van der Waals surface area contributed by atoms with Crippen molar-refractivity contribution in [3.05, 3.63) is 72.0 Å². The van der Waals surface area contributed by atoms with Crippen LogP contribution in [0.25, 0.3) is 11.3 Å². The van der Waals surface area contributed by atoms with Crippen LogP contribution in [-0.4, -0.2) is 11.1 Å². The summed E-state index contributed by atoms with van der Waals surface area (Å²) in [5, 5.41) is 4.00. The molecule has 0 fully saturated rings. The first-order chi connectivity index (χ1) is 10.8. The molecule has 3 rings (SSSR count). The topological polar surface area (TPSA) is 67.2 Å². The molecule has 2 aromatic carbocycles. The number of para-hydroxylation sites is 1. The number of carbonyl (C=O) groups excluding carboxylic acids is 1. The summed E-state index contributed by atoms with van der Waals surface area (Å²) in [6.45, 7) is 1.72. The second-order valence-corrected chi connectivity index (χ2v) is 4.77. The number of aromatic nitrogens is 1. The number of nitrogens with one attached hydrogen (secondary N) is 2. The van der Waals surface area contributed by atoms with Gasteiger partial charge in [-0.05, 0) is 19.1 Å². The van der Waals surface area contributed by atoms with E-state index in [-0.39, 0.29) is 5.91 Å². The van der Waals surface area contributed by atoms with Crippen LogP contribution in [0, 0.1) is 6.92 Å². The highest BCUT2D eigenvalue weighted by Gasteiger charge is 2.21. The number of aryl methyl sites for hydroxylation is 1. The molecular weight excluding hydrogens is 278 g/mol. The van der Waals surface area contributed by atoms with E-state index in [1.807, 2.05) is 60.7 Å². The fraction of sp³-hybridized carbons (Fsp3) is 0.0588. The van der Waals surface area contributed by atoms with Crippen LogP contribution in [0.4, 0.5) is 5.69 Å². The Labute approximate surface area is 127 Å². The molecule has 2 N–H and O–H groups in total. The fourth-order valence-electron chi connectivity index (χ4n) is 2.15. The fourth-order valence-corrected chi connectivity index (χ4v) is 2.15. The average Bonchev–Trinajstić information content (AvgIpc) is 2.96. The van der Waals surface area contributed by atoms with Crippen LogP contribution >= 0.6 is 0 Å². The predicted octanol–water partition coefficient (Wildman–Crippen LogP) is 3.41. The van der Waals surface area contributed by atoms with Crippen molar-refractivity contribution in [1.29, 1.82) is 0 Å². The highest BCUT2D eigenvalue weighted by molar-refractivity contribution is 6.01. The Morgan fingerprint density at radius 1 is 1.00 bits per heavy atom. The van der Waals surface area contributed by atoms with Gasteiger partial charge in [-0.1, -0.05) is 53.7 Å². The van der Waals surface area contributed by atoms with E-state index in [1.165, 1.54) is 0 Å². The minimum atomic E-state index is -0.290. The van der Waals surface area contributed by atoms with Gasteiger partial charge in [-0.15, -0.1) is 0 Å². The highest BCUT2D eigenvalue weighted by atomic mass is 16.5. The van der Waals surface area contributed by atoms with Crippen LogP contribution in [0.2, 0.25) is 0 Å². The number of hydrogen-bond acceptors (Lipinski definition) is 4. The summed E-state index contributed by atoms with van der Waals surface area (Å²) in [6.07, 6.45) is 0. The van der Waals surface area contributed by atoms with Crippen LogP contribution in [0.5, 0.6) is 0 Å². The minimum absolute atomic E-state index is 0.290. The lowest BCUT2D eigenvalue weighted by molar-refractivity contribution is 0.0961. The van der Waals surface area contributed by atoms with Gasteiger partial charge in [0.25, 0.3) is 5.91 Å². The van der Waals surface area contributed by atoms with E-state index in [4.69, 9.17) is 4.52 Å². The molecule has 3 aromatic rings. The van der Waals surface area contributed by atoms with Crippen molar-refractivity contribution in [1.82, 2.24) is 10.6 Å². The molecule has 0 saturated carbocycles. The van der Waals surface area contributed by atoms with Gasteiger partial charge in [0.15, 0.2) is 0 Å². The van der Waals surface area contributed by atoms with Crippen LogP contribution < -0.4 is 10.9 Å². The number of rotatable bonds is 4. The standard InChI is InChI=1S/C17H15N3O2/c1-12-15(16(20-22-12)13-8-4-2-5-9-13)17(21)19-18-14-10-6-3-7-11-14/h2-11,18H,1H3,(H,19,21). The van der Waals surface area contributed by atoms with Crippen LogP contribution in [0.1, 0.15) is 16.1 Å². The van der Waals surface area contributed by atoms with Crippen LogP contribution in [0.3, 0.4) is 0 Å². The van der Waals surface area contributed by atoms with Crippen molar-refractivity contribution < 1.29 is 9.32 Å². The van der Waals surface area contributed by atoms with Gasteiger partial charge in [-0.2, -0.15) is 0 Å². The molecule has 0 saturated heterocycles. The molecule has 0 aliphatic rings. The summed E-state index contributed by atoms with van der Waals surface area (Å²) in [7, 11) is 0. The Morgan fingerprint density at radius 3 is 2.32 bits per heavy atom. The Hall–Kier alpha value is -3.08. The van der Waals surface area contributed by atoms with E-state index in [0.717, 1.165) is 11.3 Å². The van der Waals surface area contributed by atoms with E-state index in [1.54, 1.807) is 6.92 Å². The number of amides is 1. The van der Waals surface area contributed by atoms with E-state index >= 15 is 0 Å². The first kappa shape index (κ1) is 13.9. The maximum atomic E-state index is 12.4. The zero-order chi connectivity index (χ0) is 15.4. The van der Waals surface area contributed by atoms with E-state index < -0.39 is 0 Å². The molecule has 110 valence electrons. The molecule has 1 amide bonds. The quantitative estimate of drug-likeness (QED) is 0.723. The molecule has 0 unspecified atom stereocenters. The summed E-state index contributed by atoms with van der Waals surface area (Å²) in [5.41, 5.74) is 8.13. The molecule has 0 radical (unpaired) electrons. The molecule has 0 spiro atoms. The zero-order valence-electron chi connectivity index (χ0n) is 12.0. The summed E-state index contributed by atoms with van der Waals surface area (Å²) in [5.74, 6) is 0.188. The third-order valence-electron chi connectivity index (χ3n) is 3.23. The van der Waals surface area contributed by atoms with Crippen LogP contribution in [-0.2, 0) is 0 Å². The van der Waals surface area contributed by atoms with E-state index in [9.17, 15) is 4.79 Å². The number of benzene rings is 2. The molecule has 22 heavy (non-hydrogen) atoms. The molecule has 5 heteroatoms. The van der Waals surface area contributed by atoms with Crippen molar-refractivity contribution >= 4 is 11.6 Å². The third-order valence-corrected chi connectivity index (χ3v) is 3.23. The SMILES string of the molecule is Cc1onc(-c2ccccc2)c1C(=O)NNc1ccccc1. The lowest BCUT2D eigenvalue weighted by Gasteiger charge is -2.08. The van der Waals surface area contributed by atoms with Gasteiger partial charge in [0.2, 0.25) is 0 Å². The van der Waals surface area contributed by atoms with Crippen molar-refractivity contribution in [2.24, 2.45) is 0 Å². The monoisotopic (exact) mass is 293 g/mol. The van der Waals surface area contributed by atoms with Gasteiger partial charge in [-0.25, -0.2) is 0 Å². The van der Waals surface area contributed by atoms with Gasteiger partial charge in [0.1, 0.15) is 17.0 Å². The third kappa shape index (κ3) is 2.83. The Morgan fingerprint density at radius 2 is 1.64 bits per heavy atom. The molecule has 0 aliphatic carbocycles. The van der Waals surface area contributed by atoms with Crippen LogP contribution in [0.15, 0.2) is 65.2 Å². The Kier molecular flexibility index (Phi) is 3.87. The molecule has 0 bridgehead atoms. The summed E-state index contributed by atoms with van der Waals surface area (Å²) < 4.78 is 5.18. The summed E-state index contributed by atoms with van der Waals surface area (Å²) in [4.78, 5) is 12.4. The number of hydrogen-bond donors (Lipinski definition) is 2. The lowest BCUT2D eigenvalue weighted by Crippen LogP contribution is -2.29. The van der Waals surface area contributed by atoms with E-state index in [0.29, 0.717) is 17.0 Å². The smallest absolute Gasteiger partial charge is 0.275 e. The molecular formula is C17H15N3O2. The average molecular weight is 293 g/mol. The van der Waals surface area contributed by atoms with Gasteiger partial charge in [0, 0.05) is 5.56 Å². The highest BCUT2D eigenvalue weighted by Crippen LogP contribution is 2.24. The largest absolute Gasteiger partial charge is 0.360 e. The molecule has 5 nitrogen and oxygen atoms in total. The van der Waals surface area contributed by atoms with Gasteiger partial charge in [-0.3, -0.25) is 15.6 Å². The first-order valence-corrected chi connectivity index (χ1v) is 6.89. The van der Waals surface area contributed by atoms with Gasteiger partial charge < -0.3 is 4.52 Å². The molecule has 1 heterocycles. The van der Waals surface area contributed by atoms with Crippen molar-refractivity contribution in [2.45, 2.75) is 6.92 Å². The minimum Gasteiger partial charge on any atom is -0.360 e. The number of nitrogens with zero attached hydrogens (tertiary/aromatic N) is 1.